The van der Waals surface area contributed by atoms with Crippen LogP contribution in [0.5, 0.6) is 0 Å². The summed E-state index contributed by atoms with van der Waals surface area (Å²) in [5, 5.41) is 14.6. The average molecular weight is 374 g/mol. The molecule has 0 spiro atoms. The fourth-order valence-corrected chi connectivity index (χ4v) is 3.38. The lowest BCUT2D eigenvalue weighted by atomic mass is 10.0. The average Bonchev–Trinajstić information content (AvgIpc) is 3.24. The highest BCUT2D eigenvalue weighted by Crippen LogP contribution is 2.24. The third-order valence-corrected chi connectivity index (χ3v) is 5.00. The summed E-state index contributed by atoms with van der Waals surface area (Å²) in [7, 11) is 0. The third kappa shape index (κ3) is 4.39. The van der Waals surface area contributed by atoms with Crippen LogP contribution >= 0.6 is 0 Å². The van der Waals surface area contributed by atoms with Gasteiger partial charge in [0.15, 0.2) is 5.82 Å². The normalized spacial score (nSPS) is 13.8. The molecule has 0 unspecified atom stereocenters. The second-order valence-corrected chi connectivity index (χ2v) is 7.43. The number of rotatable bonds is 6. The minimum atomic E-state index is 0.469. The molecule has 6 nitrogen and oxygen atoms in total. The first-order valence-electron chi connectivity index (χ1n) is 9.86. The second-order valence-electron chi connectivity index (χ2n) is 7.43. The van der Waals surface area contributed by atoms with Gasteiger partial charge in [0.05, 0.1) is 6.20 Å². The van der Waals surface area contributed by atoms with Gasteiger partial charge in [0.1, 0.15) is 0 Å². The molecule has 1 aliphatic heterocycles. The molecular formula is C22H26N6. The Kier molecular flexibility index (Phi) is 5.37. The summed E-state index contributed by atoms with van der Waals surface area (Å²) in [4.78, 5) is 6.93. The first-order chi connectivity index (χ1) is 13.7. The van der Waals surface area contributed by atoms with E-state index < -0.39 is 0 Å². The minimum Gasteiger partial charge on any atom is -0.372 e. The van der Waals surface area contributed by atoms with E-state index >= 15 is 0 Å². The van der Waals surface area contributed by atoms with Crippen molar-refractivity contribution >= 4 is 28.8 Å². The molecule has 0 radical (unpaired) electrons. The van der Waals surface area contributed by atoms with E-state index in [9.17, 15) is 0 Å². The van der Waals surface area contributed by atoms with Gasteiger partial charge < -0.3 is 15.5 Å². The fraction of sp³-hybridized carbons (Fsp3) is 0.318. The van der Waals surface area contributed by atoms with Crippen molar-refractivity contribution in [3.05, 3.63) is 60.3 Å². The number of nitrogens with one attached hydrogen (secondary N) is 2. The van der Waals surface area contributed by atoms with Crippen molar-refractivity contribution in [2.45, 2.75) is 32.6 Å². The third-order valence-electron chi connectivity index (χ3n) is 5.00. The highest BCUT2D eigenvalue weighted by atomic mass is 15.3. The van der Waals surface area contributed by atoms with Crippen LogP contribution in [-0.2, 0) is 0 Å². The van der Waals surface area contributed by atoms with Gasteiger partial charge in [-0.05, 0) is 60.7 Å². The molecule has 144 valence electrons. The lowest BCUT2D eigenvalue weighted by Gasteiger charge is -2.17. The molecule has 0 aliphatic carbocycles. The van der Waals surface area contributed by atoms with Gasteiger partial charge in [-0.25, -0.2) is 0 Å². The molecule has 6 heteroatoms. The monoisotopic (exact) mass is 374 g/mol. The van der Waals surface area contributed by atoms with Crippen molar-refractivity contribution < 1.29 is 0 Å². The van der Waals surface area contributed by atoms with E-state index in [0.717, 1.165) is 24.5 Å². The molecule has 3 aromatic rings. The summed E-state index contributed by atoms with van der Waals surface area (Å²) >= 11 is 0. The number of anilines is 5. The van der Waals surface area contributed by atoms with Crippen molar-refractivity contribution in [3.8, 4) is 0 Å². The minimum absolute atomic E-state index is 0.469. The first kappa shape index (κ1) is 18.2. The molecule has 2 N–H and O–H groups in total. The van der Waals surface area contributed by atoms with Crippen LogP contribution in [0.3, 0.4) is 0 Å². The Labute approximate surface area is 166 Å². The van der Waals surface area contributed by atoms with Crippen molar-refractivity contribution in [2.24, 2.45) is 0 Å². The lowest BCUT2D eigenvalue weighted by molar-refractivity contribution is 0.867. The number of benzene rings is 2. The van der Waals surface area contributed by atoms with E-state index in [1.54, 1.807) is 6.20 Å². The zero-order valence-corrected chi connectivity index (χ0v) is 16.4. The predicted molar refractivity (Wildman–Crippen MR) is 115 cm³/mol. The van der Waals surface area contributed by atoms with Gasteiger partial charge in [-0.1, -0.05) is 26.0 Å². The van der Waals surface area contributed by atoms with Crippen molar-refractivity contribution in [1.29, 1.82) is 0 Å². The van der Waals surface area contributed by atoms with E-state index in [1.807, 2.05) is 12.1 Å². The molecule has 0 atom stereocenters. The summed E-state index contributed by atoms with van der Waals surface area (Å²) in [6.45, 7) is 6.66. The molecule has 0 bridgehead atoms. The molecule has 2 heterocycles. The summed E-state index contributed by atoms with van der Waals surface area (Å²) < 4.78 is 0. The molecule has 1 fully saturated rings. The second kappa shape index (κ2) is 8.25. The van der Waals surface area contributed by atoms with Crippen LogP contribution in [0.4, 0.5) is 28.8 Å². The molecule has 1 aromatic heterocycles. The smallest absolute Gasteiger partial charge is 0.249 e. The Balaban J connectivity index is 1.42. The maximum Gasteiger partial charge on any atom is 0.249 e. The number of nitrogens with zero attached hydrogens (tertiary/aromatic N) is 4. The predicted octanol–water partition coefficient (Wildman–Crippen LogP) is 5.08. The van der Waals surface area contributed by atoms with Crippen molar-refractivity contribution in [1.82, 2.24) is 15.2 Å². The highest BCUT2D eigenvalue weighted by Gasteiger charge is 2.12. The van der Waals surface area contributed by atoms with Crippen LogP contribution in [0.15, 0.2) is 54.7 Å². The van der Waals surface area contributed by atoms with Crippen LogP contribution in [0.25, 0.3) is 0 Å². The van der Waals surface area contributed by atoms with Gasteiger partial charge in [0, 0.05) is 30.2 Å². The molecule has 0 saturated carbocycles. The molecule has 4 rings (SSSR count). The summed E-state index contributed by atoms with van der Waals surface area (Å²) in [5.74, 6) is 1.64. The van der Waals surface area contributed by atoms with Gasteiger partial charge in [-0.2, -0.15) is 10.1 Å². The summed E-state index contributed by atoms with van der Waals surface area (Å²) in [6, 6.07) is 16.8. The Hall–Kier alpha value is -3.15. The van der Waals surface area contributed by atoms with Crippen molar-refractivity contribution in [2.75, 3.05) is 28.6 Å². The van der Waals surface area contributed by atoms with Crippen LogP contribution in [0.2, 0.25) is 0 Å². The summed E-state index contributed by atoms with van der Waals surface area (Å²) in [5.41, 5.74) is 4.50. The topological polar surface area (TPSA) is 66.0 Å². The highest BCUT2D eigenvalue weighted by molar-refractivity contribution is 5.62. The van der Waals surface area contributed by atoms with Crippen molar-refractivity contribution in [3.63, 3.8) is 0 Å². The molecule has 1 aliphatic rings. The maximum atomic E-state index is 4.51. The Morgan fingerprint density at radius 1 is 0.857 bits per heavy atom. The fourth-order valence-electron chi connectivity index (χ4n) is 3.38. The Bertz CT molecular complexity index is 899. The van der Waals surface area contributed by atoms with Gasteiger partial charge in [-0.3, -0.25) is 0 Å². The molecule has 0 amide bonds. The van der Waals surface area contributed by atoms with Crippen LogP contribution < -0.4 is 15.5 Å². The zero-order chi connectivity index (χ0) is 19.3. The van der Waals surface area contributed by atoms with Gasteiger partial charge >= 0.3 is 0 Å². The quantitative estimate of drug-likeness (QED) is 0.627. The Morgan fingerprint density at radius 2 is 1.50 bits per heavy atom. The standard InChI is InChI=1S/C22H26N6/c1-16(2)17-5-7-19(8-6-17)25-22-26-21(15-23-27-22)24-18-9-11-20(12-10-18)28-13-3-4-14-28/h5-12,15-16H,3-4,13-14H2,1-2H3,(H2,24,25,26,27). The van der Waals surface area contributed by atoms with Gasteiger partial charge in [0.25, 0.3) is 0 Å². The molecule has 2 aromatic carbocycles. The maximum absolute atomic E-state index is 4.51. The van der Waals surface area contributed by atoms with Gasteiger partial charge in [-0.15, -0.1) is 5.10 Å². The number of aromatic nitrogens is 3. The van der Waals surface area contributed by atoms with E-state index in [4.69, 9.17) is 0 Å². The van der Waals surface area contributed by atoms with E-state index in [1.165, 1.54) is 24.1 Å². The number of hydrogen-bond acceptors (Lipinski definition) is 6. The SMILES string of the molecule is CC(C)c1ccc(Nc2nncc(Nc3ccc(N4CCCC4)cc3)n2)cc1. The number of hydrogen-bond donors (Lipinski definition) is 2. The van der Waals surface area contributed by atoms with Crippen LogP contribution in [0, 0.1) is 0 Å². The van der Waals surface area contributed by atoms with Gasteiger partial charge in [0.2, 0.25) is 5.95 Å². The van der Waals surface area contributed by atoms with E-state index in [0.29, 0.717) is 17.7 Å². The largest absolute Gasteiger partial charge is 0.372 e. The zero-order valence-electron chi connectivity index (χ0n) is 16.4. The molecular weight excluding hydrogens is 348 g/mol. The van der Waals surface area contributed by atoms with E-state index in [-0.39, 0.29) is 0 Å². The molecule has 1 saturated heterocycles. The lowest BCUT2D eigenvalue weighted by Crippen LogP contribution is -2.17. The van der Waals surface area contributed by atoms with Crippen LogP contribution in [0.1, 0.15) is 38.2 Å². The van der Waals surface area contributed by atoms with E-state index in [2.05, 4.69) is 81.0 Å². The van der Waals surface area contributed by atoms with Crippen LogP contribution in [-0.4, -0.2) is 28.3 Å². The first-order valence-corrected chi connectivity index (χ1v) is 9.86. The molecule has 28 heavy (non-hydrogen) atoms. The summed E-state index contributed by atoms with van der Waals surface area (Å²) in [6.07, 6.45) is 4.19. The Morgan fingerprint density at radius 3 is 2.18 bits per heavy atom.